The summed E-state index contributed by atoms with van der Waals surface area (Å²) in [7, 11) is 0. The van der Waals surface area contributed by atoms with E-state index in [0.717, 1.165) is 25.7 Å². The Morgan fingerprint density at radius 2 is 1.41 bits per heavy atom. The average molecular weight is 389 g/mol. The fourth-order valence-electron chi connectivity index (χ4n) is 5.30. The van der Waals surface area contributed by atoms with Crippen LogP contribution in [0.2, 0.25) is 5.02 Å². The van der Waals surface area contributed by atoms with Gasteiger partial charge in [-0.1, -0.05) is 62.3 Å². The van der Waals surface area contributed by atoms with Crippen LogP contribution in [0.15, 0.2) is 24.3 Å². The fourth-order valence-corrected chi connectivity index (χ4v) is 5.52. The van der Waals surface area contributed by atoms with E-state index in [1.54, 1.807) is 12.1 Å². The summed E-state index contributed by atoms with van der Waals surface area (Å²) in [6.07, 6.45) is 12.4. The van der Waals surface area contributed by atoms with Crippen LogP contribution in [0.3, 0.4) is 0 Å². The molecule has 1 heterocycles. The molecule has 1 atom stereocenters. The molecule has 4 nitrogen and oxygen atoms in total. The summed E-state index contributed by atoms with van der Waals surface area (Å²) in [5.41, 5.74) is 0.531. The summed E-state index contributed by atoms with van der Waals surface area (Å²) in [6, 6.07) is 7.72. The zero-order chi connectivity index (χ0) is 18.8. The lowest BCUT2D eigenvalue weighted by molar-refractivity contribution is -0.124. The van der Waals surface area contributed by atoms with Gasteiger partial charge < -0.3 is 0 Å². The number of halogens is 1. The van der Waals surface area contributed by atoms with Gasteiger partial charge >= 0.3 is 0 Å². The molecule has 0 bridgehead atoms. The Bertz CT molecular complexity index is 677. The van der Waals surface area contributed by atoms with Gasteiger partial charge in [-0.3, -0.25) is 14.5 Å². The summed E-state index contributed by atoms with van der Waals surface area (Å²) in [5, 5.41) is 0.460. The largest absolute Gasteiger partial charge is 0.286 e. The molecule has 1 aromatic carbocycles. The standard InChI is InChI=1S/C22H29ClN2O2/c23-18-13-7-8-14-19(18)25-21(26)15-20(22(25)27)24(16-9-3-1-4-10-16)17-11-5-2-6-12-17/h7-8,13-14,16-17,20H,1-6,9-12,15H2. The van der Waals surface area contributed by atoms with Gasteiger partial charge in [-0.15, -0.1) is 0 Å². The van der Waals surface area contributed by atoms with E-state index < -0.39 is 0 Å². The van der Waals surface area contributed by atoms with Crippen molar-refractivity contribution in [3.05, 3.63) is 29.3 Å². The van der Waals surface area contributed by atoms with Gasteiger partial charge in [-0.2, -0.15) is 0 Å². The molecule has 1 aromatic rings. The zero-order valence-corrected chi connectivity index (χ0v) is 16.7. The van der Waals surface area contributed by atoms with Crippen molar-refractivity contribution >= 4 is 29.1 Å². The molecule has 0 radical (unpaired) electrons. The maximum absolute atomic E-state index is 13.4. The van der Waals surface area contributed by atoms with Crippen molar-refractivity contribution in [2.24, 2.45) is 0 Å². The number of carbonyl (C=O) groups is 2. The maximum atomic E-state index is 13.4. The Hall–Kier alpha value is -1.39. The molecule has 5 heteroatoms. The number of carbonyl (C=O) groups excluding carboxylic acids is 2. The third kappa shape index (κ3) is 3.79. The van der Waals surface area contributed by atoms with Crippen LogP contribution in [0.4, 0.5) is 5.69 Å². The van der Waals surface area contributed by atoms with Crippen LogP contribution in [0.25, 0.3) is 0 Å². The van der Waals surface area contributed by atoms with E-state index in [4.69, 9.17) is 11.6 Å². The topological polar surface area (TPSA) is 40.6 Å². The highest BCUT2D eigenvalue weighted by Gasteiger charge is 2.47. The van der Waals surface area contributed by atoms with Crippen LogP contribution in [-0.4, -0.2) is 34.8 Å². The van der Waals surface area contributed by atoms with Crippen molar-refractivity contribution in [3.8, 4) is 0 Å². The van der Waals surface area contributed by atoms with Crippen molar-refractivity contribution in [2.75, 3.05) is 4.90 Å². The Morgan fingerprint density at radius 1 is 0.852 bits per heavy atom. The molecule has 3 aliphatic rings. The van der Waals surface area contributed by atoms with Gasteiger partial charge in [0.15, 0.2) is 0 Å². The SMILES string of the molecule is O=C1CC(N(C2CCCCC2)C2CCCCC2)C(=O)N1c1ccccc1Cl. The number of benzene rings is 1. The molecule has 146 valence electrons. The van der Waals surface area contributed by atoms with Crippen molar-refractivity contribution in [1.29, 1.82) is 0 Å². The first kappa shape index (κ1) is 18.9. The number of hydrogen-bond donors (Lipinski definition) is 0. The monoisotopic (exact) mass is 388 g/mol. The molecule has 1 aliphatic heterocycles. The summed E-state index contributed by atoms with van der Waals surface area (Å²) < 4.78 is 0. The van der Waals surface area contributed by atoms with Crippen molar-refractivity contribution in [2.45, 2.75) is 88.8 Å². The number of nitrogens with zero attached hydrogens (tertiary/aromatic N) is 2. The summed E-state index contributed by atoms with van der Waals surface area (Å²) in [6.45, 7) is 0. The number of hydrogen-bond acceptors (Lipinski definition) is 3. The number of imide groups is 1. The number of rotatable bonds is 4. The molecule has 27 heavy (non-hydrogen) atoms. The molecular weight excluding hydrogens is 360 g/mol. The van der Waals surface area contributed by atoms with Gasteiger partial charge in [-0.05, 0) is 37.8 Å². The minimum atomic E-state index is -0.319. The van der Waals surface area contributed by atoms with E-state index in [1.165, 1.54) is 43.4 Å². The number of para-hydroxylation sites is 1. The molecule has 2 amide bonds. The van der Waals surface area contributed by atoms with E-state index >= 15 is 0 Å². The summed E-state index contributed by atoms with van der Waals surface area (Å²) in [5.74, 6) is -0.195. The zero-order valence-electron chi connectivity index (χ0n) is 15.9. The van der Waals surface area contributed by atoms with Crippen molar-refractivity contribution in [1.82, 2.24) is 4.90 Å². The lowest BCUT2D eigenvalue weighted by atomic mass is 9.87. The van der Waals surface area contributed by atoms with Crippen LogP contribution >= 0.6 is 11.6 Å². The van der Waals surface area contributed by atoms with Crippen LogP contribution in [0, 0.1) is 0 Å². The Kier molecular flexibility index (Phi) is 5.84. The highest BCUT2D eigenvalue weighted by Crippen LogP contribution is 2.37. The molecule has 2 aliphatic carbocycles. The average Bonchev–Trinajstić information content (AvgIpc) is 2.98. The van der Waals surface area contributed by atoms with E-state index in [0.29, 0.717) is 22.8 Å². The molecular formula is C22H29ClN2O2. The highest BCUT2D eigenvalue weighted by atomic mass is 35.5. The first-order valence-corrected chi connectivity index (χ1v) is 10.9. The van der Waals surface area contributed by atoms with E-state index in [9.17, 15) is 9.59 Å². The molecule has 1 unspecified atom stereocenters. The predicted molar refractivity (Wildman–Crippen MR) is 108 cm³/mol. The van der Waals surface area contributed by atoms with Gasteiger partial charge in [-0.25, -0.2) is 4.90 Å². The molecule has 4 rings (SSSR count). The molecule has 0 aromatic heterocycles. The summed E-state index contributed by atoms with van der Waals surface area (Å²) in [4.78, 5) is 30.0. The lowest BCUT2D eigenvalue weighted by Gasteiger charge is -2.44. The maximum Gasteiger partial charge on any atom is 0.251 e. The minimum absolute atomic E-state index is 0.0794. The molecule has 1 saturated heterocycles. The Morgan fingerprint density at radius 3 is 1.96 bits per heavy atom. The van der Waals surface area contributed by atoms with E-state index in [1.807, 2.05) is 12.1 Å². The van der Waals surface area contributed by atoms with Crippen molar-refractivity contribution < 1.29 is 9.59 Å². The number of amides is 2. The normalized spacial score (nSPS) is 25.6. The Balaban J connectivity index is 1.62. The lowest BCUT2D eigenvalue weighted by Crippen LogP contribution is -2.53. The van der Waals surface area contributed by atoms with Crippen LogP contribution in [-0.2, 0) is 9.59 Å². The van der Waals surface area contributed by atoms with Gasteiger partial charge in [0.05, 0.1) is 23.2 Å². The molecule has 0 spiro atoms. The van der Waals surface area contributed by atoms with Gasteiger partial charge in [0.25, 0.3) is 5.91 Å². The van der Waals surface area contributed by atoms with Crippen LogP contribution in [0.1, 0.15) is 70.6 Å². The first-order chi connectivity index (χ1) is 13.2. The van der Waals surface area contributed by atoms with E-state index in [-0.39, 0.29) is 24.3 Å². The third-order valence-electron chi connectivity index (χ3n) is 6.57. The smallest absolute Gasteiger partial charge is 0.251 e. The second kappa shape index (κ2) is 8.32. The van der Waals surface area contributed by atoms with Crippen LogP contribution in [0.5, 0.6) is 0 Å². The van der Waals surface area contributed by atoms with Gasteiger partial charge in [0.2, 0.25) is 5.91 Å². The fraction of sp³-hybridized carbons (Fsp3) is 0.636. The predicted octanol–water partition coefficient (Wildman–Crippen LogP) is 4.94. The van der Waals surface area contributed by atoms with Crippen LogP contribution < -0.4 is 4.90 Å². The highest BCUT2D eigenvalue weighted by molar-refractivity contribution is 6.36. The quantitative estimate of drug-likeness (QED) is 0.686. The van der Waals surface area contributed by atoms with E-state index in [2.05, 4.69) is 4.90 Å². The minimum Gasteiger partial charge on any atom is -0.286 e. The molecule has 3 fully saturated rings. The number of anilines is 1. The second-order valence-electron chi connectivity index (χ2n) is 8.27. The Labute approximate surface area is 166 Å². The second-order valence-corrected chi connectivity index (χ2v) is 8.68. The van der Waals surface area contributed by atoms with Gasteiger partial charge in [0, 0.05) is 12.1 Å². The third-order valence-corrected chi connectivity index (χ3v) is 6.89. The summed E-state index contributed by atoms with van der Waals surface area (Å²) >= 11 is 6.30. The molecule has 2 saturated carbocycles. The first-order valence-electron chi connectivity index (χ1n) is 10.6. The van der Waals surface area contributed by atoms with Gasteiger partial charge in [0.1, 0.15) is 0 Å². The molecule has 0 N–H and O–H groups in total. The van der Waals surface area contributed by atoms with Crippen molar-refractivity contribution in [3.63, 3.8) is 0 Å².